The number of hydrogen-bond acceptors (Lipinski definition) is 3. The van der Waals surface area contributed by atoms with Gasteiger partial charge in [0.2, 0.25) is 0 Å². The highest BCUT2D eigenvalue weighted by Gasteiger charge is 2.68. The van der Waals surface area contributed by atoms with Gasteiger partial charge in [-0.05, 0) is 24.3 Å². The van der Waals surface area contributed by atoms with Crippen molar-refractivity contribution in [3.05, 3.63) is 89.4 Å². The number of pyridine rings is 1. The van der Waals surface area contributed by atoms with Crippen LogP contribution in [0.2, 0.25) is 0 Å². The Kier molecular flexibility index (Phi) is 5.49. The van der Waals surface area contributed by atoms with Gasteiger partial charge in [0, 0.05) is 49.3 Å². The van der Waals surface area contributed by atoms with Crippen LogP contribution in [0.4, 0.5) is 17.6 Å². The van der Waals surface area contributed by atoms with Gasteiger partial charge in [-0.3, -0.25) is 4.98 Å². The van der Waals surface area contributed by atoms with Crippen LogP contribution in [-0.4, -0.2) is 30.6 Å². The van der Waals surface area contributed by atoms with Crippen molar-refractivity contribution in [1.82, 2.24) is 9.88 Å². The van der Waals surface area contributed by atoms with Crippen molar-refractivity contribution in [2.75, 3.05) is 20.7 Å². The normalized spacial score (nSPS) is 18.6. The first-order valence-corrected chi connectivity index (χ1v) is 8.66. The lowest BCUT2D eigenvalue weighted by Crippen LogP contribution is -2.34. The fraction of sp³-hybridized carbons (Fsp3) is 0.227. The second-order valence-corrected chi connectivity index (χ2v) is 6.75. The van der Waals surface area contributed by atoms with E-state index in [1.54, 1.807) is 17.2 Å². The molecule has 1 aliphatic rings. The number of alkyl halides is 2. The number of halogens is 4. The molecule has 29 heavy (non-hydrogen) atoms. The second kappa shape index (κ2) is 7.72. The van der Waals surface area contributed by atoms with E-state index in [0.717, 1.165) is 18.2 Å². The summed E-state index contributed by atoms with van der Waals surface area (Å²) < 4.78 is 62.4. The maximum Gasteiger partial charge on any atom is 0.324 e. The highest BCUT2D eigenvalue weighted by molar-refractivity contribution is 5.44. The van der Waals surface area contributed by atoms with E-state index in [2.05, 4.69) is 23.4 Å². The zero-order chi connectivity index (χ0) is 21.2. The van der Waals surface area contributed by atoms with Crippen LogP contribution < -0.4 is 0 Å². The number of hydrogen-bond donors (Lipinski definition) is 0. The standard InChI is InChI=1S/C22H18F4N2O/c1-4-15(13-28(2)3)5-6-16-7-10-20(27-12-16)22(25,26)21(14-29-21)18-9-8-17(23)11-19(18)24/h4,7-13H,1,14H2,2-3H3/b15-13+. The summed E-state index contributed by atoms with van der Waals surface area (Å²) in [5, 5.41) is 0. The summed E-state index contributed by atoms with van der Waals surface area (Å²) in [4.78, 5) is 5.61. The van der Waals surface area contributed by atoms with Crippen molar-refractivity contribution >= 4 is 0 Å². The first-order chi connectivity index (χ1) is 13.7. The van der Waals surface area contributed by atoms with Crippen molar-refractivity contribution in [3.63, 3.8) is 0 Å². The Morgan fingerprint density at radius 1 is 1.28 bits per heavy atom. The van der Waals surface area contributed by atoms with E-state index >= 15 is 8.78 Å². The molecule has 1 aromatic heterocycles. The zero-order valence-corrected chi connectivity index (χ0v) is 15.8. The van der Waals surface area contributed by atoms with Gasteiger partial charge in [-0.25, -0.2) is 8.78 Å². The summed E-state index contributed by atoms with van der Waals surface area (Å²) in [5.74, 6) is 0.137. The van der Waals surface area contributed by atoms with Crippen LogP contribution in [-0.2, 0) is 16.3 Å². The SMILES string of the molecule is C=C/C(C#Cc1ccc(C(F)(F)C2(c3ccc(F)cc3F)CO2)nc1)=C\N(C)C. The predicted molar refractivity (Wildman–Crippen MR) is 101 cm³/mol. The third-order valence-corrected chi connectivity index (χ3v) is 4.36. The van der Waals surface area contributed by atoms with Crippen LogP contribution in [0.3, 0.4) is 0 Å². The van der Waals surface area contributed by atoms with Gasteiger partial charge in [0.1, 0.15) is 17.3 Å². The lowest BCUT2D eigenvalue weighted by atomic mass is 9.90. The molecule has 0 radical (unpaired) electrons. The van der Waals surface area contributed by atoms with Gasteiger partial charge in [-0.2, -0.15) is 8.78 Å². The van der Waals surface area contributed by atoms with Crippen LogP contribution in [0.1, 0.15) is 16.8 Å². The maximum atomic E-state index is 15.1. The summed E-state index contributed by atoms with van der Waals surface area (Å²) in [6, 6.07) is 4.97. The highest BCUT2D eigenvalue weighted by atomic mass is 19.3. The number of epoxide rings is 1. The molecule has 3 rings (SSSR count). The molecule has 150 valence electrons. The van der Waals surface area contributed by atoms with Gasteiger partial charge in [-0.1, -0.05) is 24.5 Å². The third kappa shape index (κ3) is 4.03. The van der Waals surface area contributed by atoms with Crippen LogP contribution in [0.25, 0.3) is 0 Å². The highest BCUT2D eigenvalue weighted by Crippen LogP contribution is 2.56. The lowest BCUT2D eigenvalue weighted by molar-refractivity contribution is -0.0901. The molecule has 2 heterocycles. The molecule has 1 fully saturated rings. The van der Waals surface area contributed by atoms with Crippen molar-refractivity contribution in [3.8, 4) is 11.8 Å². The zero-order valence-electron chi connectivity index (χ0n) is 15.8. The van der Waals surface area contributed by atoms with Crippen molar-refractivity contribution in [2.24, 2.45) is 0 Å². The Bertz CT molecular complexity index is 1010. The summed E-state index contributed by atoms with van der Waals surface area (Å²) >= 11 is 0. The van der Waals surface area contributed by atoms with E-state index in [-0.39, 0.29) is 0 Å². The fourth-order valence-electron chi connectivity index (χ4n) is 2.81. The molecule has 0 N–H and O–H groups in total. The van der Waals surface area contributed by atoms with Crippen molar-refractivity contribution in [1.29, 1.82) is 0 Å². The molecule has 1 aliphatic heterocycles. The Morgan fingerprint density at radius 3 is 2.52 bits per heavy atom. The fourth-order valence-corrected chi connectivity index (χ4v) is 2.81. The molecule has 0 aliphatic carbocycles. The number of allylic oxidation sites excluding steroid dienone is 2. The molecule has 7 heteroatoms. The maximum absolute atomic E-state index is 15.1. The minimum absolute atomic E-state index is 0.399. The molecular weight excluding hydrogens is 384 g/mol. The average Bonchev–Trinajstić information content (AvgIpc) is 3.47. The Labute approximate surface area is 166 Å². The van der Waals surface area contributed by atoms with E-state index in [0.29, 0.717) is 17.2 Å². The molecule has 3 nitrogen and oxygen atoms in total. The van der Waals surface area contributed by atoms with Gasteiger partial charge in [0.15, 0.2) is 5.60 Å². The molecule has 1 aromatic carbocycles. The quantitative estimate of drug-likeness (QED) is 0.322. The summed E-state index contributed by atoms with van der Waals surface area (Å²) in [7, 11) is 3.67. The number of benzene rings is 1. The number of aromatic nitrogens is 1. The van der Waals surface area contributed by atoms with Crippen molar-refractivity contribution in [2.45, 2.75) is 11.5 Å². The van der Waals surface area contributed by atoms with Gasteiger partial charge < -0.3 is 9.64 Å². The molecule has 0 spiro atoms. The minimum atomic E-state index is -3.62. The summed E-state index contributed by atoms with van der Waals surface area (Å²) in [5.41, 5.74) is -2.11. The molecule has 1 atom stereocenters. The van der Waals surface area contributed by atoms with E-state index in [4.69, 9.17) is 4.74 Å². The molecule has 0 saturated carbocycles. The second-order valence-electron chi connectivity index (χ2n) is 6.75. The number of nitrogens with zero attached hydrogens (tertiary/aromatic N) is 2. The number of ether oxygens (including phenoxy) is 1. The largest absolute Gasteiger partial charge is 0.382 e. The van der Waals surface area contributed by atoms with E-state index < -0.39 is 41.0 Å². The first kappa shape index (κ1) is 20.6. The first-order valence-electron chi connectivity index (χ1n) is 8.66. The number of rotatable bonds is 5. The van der Waals surface area contributed by atoms with Crippen LogP contribution >= 0.6 is 0 Å². The topological polar surface area (TPSA) is 28.7 Å². The van der Waals surface area contributed by atoms with Gasteiger partial charge in [-0.15, -0.1) is 0 Å². The van der Waals surface area contributed by atoms with Gasteiger partial charge in [0.25, 0.3) is 0 Å². The molecule has 0 amide bonds. The minimum Gasteiger partial charge on any atom is -0.382 e. The molecule has 2 aromatic rings. The monoisotopic (exact) mass is 402 g/mol. The average molecular weight is 402 g/mol. The predicted octanol–water partition coefficient (Wildman–Crippen LogP) is 4.36. The molecular formula is C22H18F4N2O. The van der Waals surface area contributed by atoms with E-state index in [9.17, 15) is 8.78 Å². The van der Waals surface area contributed by atoms with Crippen LogP contribution in [0, 0.1) is 23.5 Å². The molecule has 1 unspecified atom stereocenters. The smallest absolute Gasteiger partial charge is 0.324 e. The van der Waals surface area contributed by atoms with Gasteiger partial charge in [0.05, 0.1) is 6.61 Å². The third-order valence-electron chi connectivity index (χ3n) is 4.36. The lowest BCUT2D eigenvalue weighted by Gasteiger charge is -2.24. The Balaban J connectivity index is 1.89. The van der Waals surface area contributed by atoms with Crippen LogP contribution in [0.15, 0.2) is 61.0 Å². The van der Waals surface area contributed by atoms with E-state index in [1.807, 2.05) is 14.1 Å². The summed E-state index contributed by atoms with van der Waals surface area (Å²) in [6.07, 6.45) is 4.56. The van der Waals surface area contributed by atoms with Crippen LogP contribution in [0.5, 0.6) is 0 Å². The van der Waals surface area contributed by atoms with E-state index in [1.165, 1.54) is 12.3 Å². The molecule has 0 bridgehead atoms. The Hall–Kier alpha value is -3.11. The summed E-state index contributed by atoms with van der Waals surface area (Å²) in [6.45, 7) is 3.27. The Morgan fingerprint density at radius 2 is 2.00 bits per heavy atom. The molecule has 1 saturated heterocycles. The van der Waals surface area contributed by atoms with Gasteiger partial charge >= 0.3 is 5.92 Å². The van der Waals surface area contributed by atoms with Crippen molar-refractivity contribution < 1.29 is 22.3 Å².